The number of carbonyl (C=O) groups is 1. The lowest BCUT2D eigenvalue weighted by Gasteiger charge is -2.14. The molecule has 18 heavy (non-hydrogen) atoms. The van der Waals surface area contributed by atoms with Gasteiger partial charge in [0.25, 0.3) is 0 Å². The Labute approximate surface area is 110 Å². The second kappa shape index (κ2) is 6.47. The summed E-state index contributed by atoms with van der Waals surface area (Å²) in [6.45, 7) is 0. The van der Waals surface area contributed by atoms with Crippen molar-refractivity contribution in [2.24, 2.45) is 5.73 Å². The maximum Gasteiger partial charge on any atom is 0.303 e. The van der Waals surface area contributed by atoms with Crippen LogP contribution in [0.1, 0.15) is 18.4 Å². The lowest BCUT2D eigenvalue weighted by atomic mass is 10.0. The van der Waals surface area contributed by atoms with Crippen molar-refractivity contribution in [3.8, 4) is 11.5 Å². The van der Waals surface area contributed by atoms with E-state index in [0.717, 1.165) is 0 Å². The van der Waals surface area contributed by atoms with Crippen LogP contribution in [0.2, 0.25) is 5.02 Å². The molecule has 1 atom stereocenters. The van der Waals surface area contributed by atoms with E-state index < -0.39 is 5.97 Å². The van der Waals surface area contributed by atoms with E-state index in [4.69, 9.17) is 27.2 Å². The zero-order valence-corrected chi connectivity index (χ0v) is 10.8. The number of ether oxygens (including phenoxy) is 1. The molecular weight excluding hydrogens is 258 g/mol. The minimum Gasteiger partial charge on any atom is -0.504 e. The van der Waals surface area contributed by atoms with E-state index in [0.29, 0.717) is 23.4 Å². The van der Waals surface area contributed by atoms with Crippen molar-refractivity contribution in [3.05, 3.63) is 22.7 Å². The Kier molecular flexibility index (Phi) is 5.25. The van der Waals surface area contributed by atoms with Crippen LogP contribution in [-0.4, -0.2) is 29.3 Å². The highest BCUT2D eigenvalue weighted by Gasteiger charge is 2.14. The third-order valence-electron chi connectivity index (χ3n) is 2.55. The summed E-state index contributed by atoms with van der Waals surface area (Å²) in [6.07, 6.45) is 0.680. The molecule has 1 unspecified atom stereocenters. The van der Waals surface area contributed by atoms with Crippen LogP contribution in [-0.2, 0) is 11.2 Å². The summed E-state index contributed by atoms with van der Waals surface area (Å²) in [5.74, 6) is -0.617. The number of hydrogen-bond acceptors (Lipinski definition) is 4. The molecule has 0 saturated carbocycles. The Morgan fingerprint density at radius 1 is 1.56 bits per heavy atom. The summed E-state index contributed by atoms with van der Waals surface area (Å²) in [4.78, 5) is 10.4. The molecule has 1 aromatic carbocycles. The number of carboxylic acids is 1. The van der Waals surface area contributed by atoms with Crippen LogP contribution in [0.4, 0.5) is 0 Å². The quantitative estimate of drug-likeness (QED) is 0.735. The average Bonchev–Trinajstić information content (AvgIpc) is 2.30. The third-order valence-corrected chi connectivity index (χ3v) is 2.77. The predicted molar refractivity (Wildman–Crippen MR) is 68.2 cm³/mol. The van der Waals surface area contributed by atoms with E-state index in [1.54, 1.807) is 6.07 Å². The molecular formula is C12H16ClNO4. The van der Waals surface area contributed by atoms with Gasteiger partial charge in [0, 0.05) is 29.1 Å². The number of rotatable bonds is 6. The van der Waals surface area contributed by atoms with Gasteiger partial charge in [-0.1, -0.05) is 11.6 Å². The van der Waals surface area contributed by atoms with Crippen molar-refractivity contribution in [1.29, 1.82) is 0 Å². The van der Waals surface area contributed by atoms with Crippen LogP contribution >= 0.6 is 11.6 Å². The van der Waals surface area contributed by atoms with Crippen LogP contribution in [0.3, 0.4) is 0 Å². The minimum atomic E-state index is -0.890. The van der Waals surface area contributed by atoms with Crippen molar-refractivity contribution < 1.29 is 19.7 Å². The van der Waals surface area contributed by atoms with Crippen LogP contribution in [0.15, 0.2) is 12.1 Å². The van der Waals surface area contributed by atoms with Crippen LogP contribution < -0.4 is 10.5 Å². The van der Waals surface area contributed by atoms with E-state index >= 15 is 0 Å². The largest absolute Gasteiger partial charge is 0.504 e. The Morgan fingerprint density at radius 3 is 2.78 bits per heavy atom. The number of aromatic hydroxyl groups is 1. The van der Waals surface area contributed by atoms with Crippen molar-refractivity contribution in [2.75, 3.05) is 7.11 Å². The Hall–Kier alpha value is -1.46. The molecule has 0 aliphatic rings. The fraction of sp³-hybridized carbons (Fsp3) is 0.417. The molecule has 0 aromatic heterocycles. The highest BCUT2D eigenvalue weighted by atomic mass is 35.5. The summed E-state index contributed by atoms with van der Waals surface area (Å²) >= 11 is 5.89. The van der Waals surface area contributed by atoms with Crippen LogP contribution in [0.25, 0.3) is 0 Å². The van der Waals surface area contributed by atoms with Gasteiger partial charge in [-0.3, -0.25) is 4.79 Å². The number of nitrogens with two attached hydrogens (primary N) is 1. The second-order valence-electron chi connectivity index (χ2n) is 4.01. The van der Waals surface area contributed by atoms with E-state index in [9.17, 15) is 9.90 Å². The number of methoxy groups -OCH3 is 1. The number of phenolic OH excluding ortho intramolecular Hbond substituents is 1. The molecule has 4 N–H and O–H groups in total. The fourth-order valence-corrected chi connectivity index (χ4v) is 1.86. The van der Waals surface area contributed by atoms with Gasteiger partial charge in [0.1, 0.15) is 0 Å². The zero-order chi connectivity index (χ0) is 13.7. The van der Waals surface area contributed by atoms with Crippen molar-refractivity contribution in [2.45, 2.75) is 25.3 Å². The van der Waals surface area contributed by atoms with Gasteiger partial charge >= 0.3 is 5.97 Å². The third kappa shape index (κ3) is 4.09. The Balaban J connectivity index is 2.77. The standard InChI is InChI=1S/C12H16ClNO4/c1-18-10-6-8(13)4-7(12(10)17)5-9(14)2-3-11(15)16/h4,6,9,17H,2-3,5,14H2,1H3,(H,15,16). The number of hydrogen-bond donors (Lipinski definition) is 3. The smallest absolute Gasteiger partial charge is 0.303 e. The molecule has 0 aliphatic carbocycles. The van der Waals surface area contributed by atoms with E-state index in [1.807, 2.05) is 0 Å². The minimum absolute atomic E-state index is 0.000368. The first-order valence-electron chi connectivity index (χ1n) is 5.46. The van der Waals surface area contributed by atoms with E-state index in [-0.39, 0.29) is 24.0 Å². The van der Waals surface area contributed by atoms with Gasteiger partial charge in [-0.05, 0) is 18.9 Å². The molecule has 0 spiro atoms. The van der Waals surface area contributed by atoms with E-state index in [1.165, 1.54) is 13.2 Å². The Morgan fingerprint density at radius 2 is 2.22 bits per heavy atom. The number of aliphatic carboxylic acids is 1. The van der Waals surface area contributed by atoms with Gasteiger partial charge in [-0.15, -0.1) is 0 Å². The molecule has 100 valence electrons. The topological polar surface area (TPSA) is 92.8 Å². The maximum absolute atomic E-state index is 10.4. The highest BCUT2D eigenvalue weighted by Crippen LogP contribution is 2.34. The maximum atomic E-state index is 10.4. The first kappa shape index (κ1) is 14.6. The molecule has 0 amide bonds. The Bertz CT molecular complexity index is 436. The lowest BCUT2D eigenvalue weighted by Crippen LogP contribution is -2.23. The van der Waals surface area contributed by atoms with E-state index in [2.05, 4.69) is 0 Å². The van der Waals surface area contributed by atoms with Gasteiger partial charge in [-0.25, -0.2) is 0 Å². The molecule has 0 heterocycles. The normalized spacial score (nSPS) is 12.2. The molecule has 0 radical (unpaired) electrons. The number of phenols is 1. The molecule has 0 saturated heterocycles. The summed E-state index contributed by atoms with van der Waals surface area (Å²) in [5, 5.41) is 18.9. The summed E-state index contributed by atoms with van der Waals surface area (Å²) in [5.41, 5.74) is 6.36. The van der Waals surface area contributed by atoms with Gasteiger partial charge in [0.15, 0.2) is 11.5 Å². The first-order valence-corrected chi connectivity index (χ1v) is 5.84. The molecule has 1 rings (SSSR count). The number of carboxylic acid groups (broad SMARTS) is 1. The van der Waals surface area contributed by atoms with Gasteiger partial charge in [0.2, 0.25) is 0 Å². The number of halogens is 1. The molecule has 1 aromatic rings. The molecule has 0 fully saturated rings. The van der Waals surface area contributed by atoms with Crippen molar-refractivity contribution in [1.82, 2.24) is 0 Å². The molecule has 6 heteroatoms. The molecule has 0 aliphatic heterocycles. The highest BCUT2D eigenvalue weighted by molar-refractivity contribution is 6.30. The van der Waals surface area contributed by atoms with Crippen molar-refractivity contribution in [3.63, 3.8) is 0 Å². The van der Waals surface area contributed by atoms with Crippen LogP contribution in [0.5, 0.6) is 11.5 Å². The van der Waals surface area contributed by atoms with Crippen LogP contribution in [0, 0.1) is 0 Å². The summed E-state index contributed by atoms with van der Waals surface area (Å²) in [7, 11) is 1.43. The van der Waals surface area contributed by atoms with Gasteiger partial charge < -0.3 is 20.7 Å². The SMILES string of the molecule is COc1cc(Cl)cc(CC(N)CCC(=O)O)c1O. The fourth-order valence-electron chi connectivity index (χ4n) is 1.63. The first-order chi connectivity index (χ1) is 8.43. The monoisotopic (exact) mass is 273 g/mol. The van der Waals surface area contributed by atoms with Gasteiger partial charge in [-0.2, -0.15) is 0 Å². The summed E-state index contributed by atoms with van der Waals surface area (Å²) in [6, 6.07) is 2.75. The average molecular weight is 274 g/mol. The predicted octanol–water partition coefficient (Wildman–Crippen LogP) is 1.79. The van der Waals surface area contributed by atoms with Crippen molar-refractivity contribution >= 4 is 17.6 Å². The number of benzene rings is 1. The second-order valence-corrected chi connectivity index (χ2v) is 4.45. The molecule has 5 nitrogen and oxygen atoms in total. The van der Waals surface area contributed by atoms with Gasteiger partial charge in [0.05, 0.1) is 7.11 Å². The lowest BCUT2D eigenvalue weighted by molar-refractivity contribution is -0.137. The zero-order valence-electron chi connectivity index (χ0n) is 10.0. The summed E-state index contributed by atoms with van der Waals surface area (Å²) < 4.78 is 4.98. The molecule has 0 bridgehead atoms.